The zero-order chi connectivity index (χ0) is 52.2. The molecular weight excluding hydrogens is 899 g/mol. The lowest BCUT2D eigenvalue weighted by Crippen LogP contribution is -2.62. The van der Waals surface area contributed by atoms with Crippen LogP contribution in [0.4, 0.5) is 0 Å². The van der Waals surface area contributed by atoms with Crippen LogP contribution in [0.3, 0.4) is 0 Å². The summed E-state index contributed by atoms with van der Waals surface area (Å²) in [6.07, 6.45) is -1.23. The van der Waals surface area contributed by atoms with Crippen molar-refractivity contribution in [2.24, 2.45) is 23.3 Å². The van der Waals surface area contributed by atoms with Gasteiger partial charge in [0.25, 0.3) is 0 Å². The highest BCUT2D eigenvalue weighted by Crippen LogP contribution is 2.15. The Balaban J connectivity index is 2.40. The van der Waals surface area contributed by atoms with Gasteiger partial charge in [-0.05, 0) is 75.1 Å². The number of aliphatic carboxylic acids is 2. The molecule has 0 spiro atoms. The van der Waals surface area contributed by atoms with E-state index in [2.05, 4.69) is 37.2 Å². The van der Waals surface area contributed by atoms with Gasteiger partial charge in [0.2, 0.25) is 47.3 Å². The third-order valence-electron chi connectivity index (χ3n) is 11.1. The van der Waals surface area contributed by atoms with Crippen molar-refractivity contribution in [3.8, 4) is 5.75 Å². The molecule has 22 nitrogen and oxygen atoms in total. The first kappa shape index (κ1) is 58.0. The average molecular weight is 968 g/mol. The zero-order valence-electron chi connectivity index (χ0n) is 40.1. The first-order valence-electron chi connectivity index (χ1n) is 22.7. The number of carboxylic acid groups (broad SMARTS) is 2. The SMILES string of the molecule is CC[C@H](C)[C@H](NC(=O)[C@H](Cc1ccccc1)NC(=O)[C@H](C)NC(=O)C(C)(C)NC(=O)[C@@H](N)CCC(N)=O)C(=O)N[C@@H](CCC(=O)O)C(=O)N[C@@H](Cc1ccc(O)cc1)C(=O)N[C@@H](CC(C)C)C(=O)O. The number of nitrogens with two attached hydrogens (primary N) is 2. The van der Waals surface area contributed by atoms with Gasteiger partial charge in [0.15, 0.2) is 0 Å². The number of hydrogen-bond acceptors (Lipinski definition) is 12. The molecule has 8 atom stereocenters. The Bertz CT molecular complexity index is 2120. The molecule has 0 aliphatic heterocycles. The number of aromatic hydroxyl groups is 1. The topological polar surface area (TPSA) is 368 Å². The number of primary amides is 1. The molecular formula is C47H69N9O13. The fourth-order valence-corrected chi connectivity index (χ4v) is 6.75. The van der Waals surface area contributed by atoms with Crippen LogP contribution in [0, 0.1) is 11.8 Å². The zero-order valence-corrected chi connectivity index (χ0v) is 40.1. The molecule has 0 heterocycles. The normalized spacial score (nSPS) is 14.7. The number of phenolic OH excluding ortho intramolecular Hbond substituents is 1. The molecule has 0 aliphatic rings. The van der Waals surface area contributed by atoms with Gasteiger partial charge in [-0.15, -0.1) is 0 Å². The van der Waals surface area contributed by atoms with Gasteiger partial charge < -0.3 is 64.0 Å². The van der Waals surface area contributed by atoms with Crippen molar-refractivity contribution in [1.82, 2.24) is 37.2 Å². The predicted molar refractivity (Wildman–Crippen MR) is 251 cm³/mol. The van der Waals surface area contributed by atoms with Crippen molar-refractivity contribution in [3.05, 3.63) is 65.7 Å². The van der Waals surface area contributed by atoms with Crippen LogP contribution in [0.2, 0.25) is 0 Å². The minimum Gasteiger partial charge on any atom is -0.508 e. The maximum Gasteiger partial charge on any atom is 0.326 e. The lowest BCUT2D eigenvalue weighted by atomic mass is 9.96. The molecule has 8 amide bonds. The van der Waals surface area contributed by atoms with Gasteiger partial charge in [-0.25, -0.2) is 4.79 Å². The van der Waals surface area contributed by atoms with Crippen molar-refractivity contribution < 1.29 is 63.3 Å². The molecule has 380 valence electrons. The van der Waals surface area contributed by atoms with Gasteiger partial charge in [0.05, 0.1) is 6.04 Å². The smallest absolute Gasteiger partial charge is 0.326 e. The van der Waals surface area contributed by atoms with Gasteiger partial charge in [-0.1, -0.05) is 76.6 Å². The fraction of sp³-hybridized carbons (Fsp3) is 0.532. The highest BCUT2D eigenvalue weighted by molar-refractivity contribution is 5.98. The molecule has 2 rings (SSSR count). The summed E-state index contributed by atoms with van der Waals surface area (Å²) in [7, 11) is 0. The van der Waals surface area contributed by atoms with E-state index < -0.39 is 126 Å². The third kappa shape index (κ3) is 20.3. The van der Waals surface area contributed by atoms with Crippen LogP contribution >= 0.6 is 0 Å². The summed E-state index contributed by atoms with van der Waals surface area (Å²) < 4.78 is 0. The van der Waals surface area contributed by atoms with Crippen LogP contribution in [0.1, 0.15) is 98.1 Å². The quantitative estimate of drug-likeness (QED) is 0.0496. The second-order valence-electron chi connectivity index (χ2n) is 18.0. The number of hydrogen-bond donors (Lipinski definition) is 12. The molecule has 0 saturated heterocycles. The number of carbonyl (C=O) groups excluding carboxylic acids is 8. The number of phenols is 1. The van der Waals surface area contributed by atoms with Crippen LogP contribution in [0.15, 0.2) is 54.6 Å². The molecule has 0 aromatic heterocycles. The third-order valence-corrected chi connectivity index (χ3v) is 11.1. The maximum absolute atomic E-state index is 14.2. The van der Waals surface area contributed by atoms with Gasteiger partial charge in [0, 0.05) is 25.7 Å². The summed E-state index contributed by atoms with van der Waals surface area (Å²) in [6, 6.07) is 4.67. The van der Waals surface area contributed by atoms with E-state index in [1.807, 2.05) is 0 Å². The molecule has 0 aliphatic carbocycles. The van der Waals surface area contributed by atoms with Crippen LogP contribution in [-0.2, 0) is 60.8 Å². The molecule has 14 N–H and O–H groups in total. The van der Waals surface area contributed by atoms with E-state index in [4.69, 9.17) is 11.5 Å². The Kier molecular flexibility index (Phi) is 23.3. The van der Waals surface area contributed by atoms with Crippen LogP contribution < -0.4 is 48.7 Å². The van der Waals surface area contributed by atoms with Crippen LogP contribution in [0.25, 0.3) is 0 Å². The molecule has 22 heteroatoms. The van der Waals surface area contributed by atoms with E-state index in [0.717, 1.165) is 0 Å². The number of carboxylic acids is 2. The molecule has 0 radical (unpaired) electrons. The Hall–Kier alpha value is -7.10. The summed E-state index contributed by atoms with van der Waals surface area (Å²) in [4.78, 5) is 131. The summed E-state index contributed by atoms with van der Waals surface area (Å²) in [5, 5.41) is 47.0. The Labute approximate surface area is 401 Å². The van der Waals surface area contributed by atoms with Gasteiger partial charge in [0.1, 0.15) is 47.5 Å². The van der Waals surface area contributed by atoms with Crippen LogP contribution in [-0.4, -0.2) is 122 Å². The molecule has 2 aromatic carbocycles. The number of benzene rings is 2. The highest BCUT2D eigenvalue weighted by Gasteiger charge is 2.37. The second kappa shape index (κ2) is 27.6. The van der Waals surface area contributed by atoms with Crippen molar-refractivity contribution in [3.63, 3.8) is 0 Å². The average Bonchev–Trinajstić information content (AvgIpc) is 3.27. The van der Waals surface area contributed by atoms with E-state index in [0.29, 0.717) is 17.5 Å². The summed E-state index contributed by atoms with van der Waals surface area (Å²) >= 11 is 0. The van der Waals surface area contributed by atoms with Crippen molar-refractivity contribution >= 4 is 59.2 Å². The van der Waals surface area contributed by atoms with Crippen molar-refractivity contribution in [2.75, 3.05) is 0 Å². The molecule has 0 bridgehead atoms. The molecule has 0 saturated carbocycles. The van der Waals surface area contributed by atoms with E-state index in [1.165, 1.54) is 45.0 Å². The summed E-state index contributed by atoms with van der Waals surface area (Å²) in [5.41, 5.74) is 10.4. The van der Waals surface area contributed by atoms with Crippen LogP contribution in [0.5, 0.6) is 5.75 Å². The van der Waals surface area contributed by atoms with E-state index >= 15 is 0 Å². The molecule has 0 unspecified atom stereocenters. The molecule has 69 heavy (non-hydrogen) atoms. The number of carbonyl (C=O) groups is 10. The van der Waals surface area contributed by atoms with E-state index in [1.54, 1.807) is 58.0 Å². The monoisotopic (exact) mass is 968 g/mol. The number of nitrogens with one attached hydrogen (secondary N) is 7. The molecule has 2 aromatic rings. The van der Waals surface area contributed by atoms with Crippen molar-refractivity contribution in [2.45, 2.75) is 148 Å². The van der Waals surface area contributed by atoms with E-state index in [-0.39, 0.29) is 43.8 Å². The first-order chi connectivity index (χ1) is 32.2. The standard InChI is InChI=1S/C47H69N9O13/c1-8-26(4)38(44(66)51-32(19-21-37(59)60)41(63)53-33(24-29-14-16-30(57)17-15-29)42(64)54-35(45(67)68)22-25(2)3)55-43(65)34(23-28-12-10-9-11-13-28)52-39(61)27(5)50-46(69)47(6,7)56-40(62)31(48)18-20-36(49)58/h9-17,25-27,31-35,38,57H,8,18-24,48H2,1-7H3,(H2,49,58)(H,50,69)(H,51,66)(H,52,61)(H,53,63)(H,54,64)(H,55,65)(H,56,62)(H,59,60)(H,67,68)/t26-,27-,31-,32-,33-,34-,35-,38-/m0/s1. The maximum atomic E-state index is 14.2. The molecule has 0 fully saturated rings. The summed E-state index contributed by atoms with van der Waals surface area (Å²) in [6.45, 7) is 11.0. The van der Waals surface area contributed by atoms with Crippen molar-refractivity contribution in [1.29, 1.82) is 0 Å². The Morgan fingerprint density at radius 3 is 1.64 bits per heavy atom. The summed E-state index contributed by atoms with van der Waals surface area (Å²) in [5.74, 6) is -10.1. The van der Waals surface area contributed by atoms with Gasteiger partial charge in [-0.3, -0.25) is 43.2 Å². The minimum atomic E-state index is -1.60. The van der Waals surface area contributed by atoms with Gasteiger partial charge >= 0.3 is 11.9 Å². The lowest BCUT2D eigenvalue weighted by Gasteiger charge is -2.30. The fourth-order valence-electron chi connectivity index (χ4n) is 6.75. The van der Waals surface area contributed by atoms with E-state index in [9.17, 15) is 63.3 Å². The Morgan fingerprint density at radius 1 is 0.609 bits per heavy atom. The van der Waals surface area contributed by atoms with Gasteiger partial charge in [-0.2, -0.15) is 0 Å². The minimum absolute atomic E-state index is 0.0598. The predicted octanol–water partition coefficient (Wildman–Crippen LogP) is -0.365. The second-order valence-corrected chi connectivity index (χ2v) is 18.0. The Morgan fingerprint density at radius 2 is 1.12 bits per heavy atom. The lowest BCUT2D eigenvalue weighted by molar-refractivity contribution is -0.142. The largest absolute Gasteiger partial charge is 0.508 e. The number of rotatable bonds is 29. The number of amides is 8. The highest BCUT2D eigenvalue weighted by atomic mass is 16.4. The first-order valence-corrected chi connectivity index (χ1v) is 22.7.